The molecule has 0 aliphatic carbocycles. The first-order valence-electron chi connectivity index (χ1n) is 10.9. The SMILES string of the molecule is C[C@@H](CNCCc1ccc(NCC(O)c2ccccc2)cc1)c1ccc(O)c(NC=O)c1. The van der Waals surface area contributed by atoms with Crippen molar-refractivity contribution in [1.29, 1.82) is 0 Å². The fourth-order valence-corrected chi connectivity index (χ4v) is 3.51. The third-order valence-corrected chi connectivity index (χ3v) is 5.48. The molecule has 3 aromatic rings. The lowest BCUT2D eigenvalue weighted by atomic mass is 10.00. The summed E-state index contributed by atoms with van der Waals surface area (Å²) in [6.45, 7) is 4.21. The van der Waals surface area contributed by atoms with Crippen LogP contribution in [0.2, 0.25) is 0 Å². The van der Waals surface area contributed by atoms with Gasteiger partial charge in [-0.1, -0.05) is 55.5 Å². The Kier molecular flexibility index (Phi) is 8.66. The first kappa shape index (κ1) is 23.3. The maximum absolute atomic E-state index is 10.6. The zero-order valence-corrected chi connectivity index (χ0v) is 18.3. The highest BCUT2D eigenvalue weighted by Crippen LogP contribution is 2.27. The van der Waals surface area contributed by atoms with Gasteiger partial charge >= 0.3 is 0 Å². The molecule has 1 unspecified atom stereocenters. The van der Waals surface area contributed by atoms with Gasteiger partial charge in [0.25, 0.3) is 0 Å². The molecule has 5 N–H and O–H groups in total. The molecule has 2 atom stereocenters. The Morgan fingerprint density at radius 3 is 2.41 bits per heavy atom. The summed E-state index contributed by atoms with van der Waals surface area (Å²) in [5, 5.41) is 29.3. The van der Waals surface area contributed by atoms with Crippen LogP contribution in [0.15, 0.2) is 72.8 Å². The first-order valence-corrected chi connectivity index (χ1v) is 10.9. The maximum atomic E-state index is 10.6. The van der Waals surface area contributed by atoms with E-state index in [-0.39, 0.29) is 11.7 Å². The number of carbonyl (C=O) groups is 1. The van der Waals surface area contributed by atoms with Crippen LogP contribution in [0.1, 0.15) is 35.6 Å². The number of anilines is 2. The van der Waals surface area contributed by atoms with E-state index in [1.807, 2.05) is 48.5 Å². The molecule has 0 heterocycles. The van der Waals surface area contributed by atoms with Crippen LogP contribution >= 0.6 is 0 Å². The molecule has 0 fully saturated rings. The number of aliphatic hydroxyl groups is 1. The molecule has 0 saturated carbocycles. The summed E-state index contributed by atoms with van der Waals surface area (Å²) in [5.74, 6) is 0.305. The maximum Gasteiger partial charge on any atom is 0.211 e. The number of benzene rings is 3. The summed E-state index contributed by atoms with van der Waals surface area (Å²) >= 11 is 0. The number of amides is 1. The molecule has 0 bridgehead atoms. The minimum absolute atomic E-state index is 0.0634. The van der Waals surface area contributed by atoms with Crippen LogP contribution in [-0.4, -0.2) is 36.3 Å². The van der Waals surface area contributed by atoms with E-state index in [4.69, 9.17) is 0 Å². The van der Waals surface area contributed by atoms with Gasteiger partial charge in [0.2, 0.25) is 6.41 Å². The van der Waals surface area contributed by atoms with Crippen molar-refractivity contribution >= 4 is 17.8 Å². The normalized spacial score (nSPS) is 12.7. The monoisotopic (exact) mass is 433 g/mol. The number of phenolic OH excluding ortho intramolecular Hbond substituents is 1. The van der Waals surface area contributed by atoms with Gasteiger partial charge in [-0.05, 0) is 59.8 Å². The van der Waals surface area contributed by atoms with Gasteiger partial charge in [-0.25, -0.2) is 0 Å². The smallest absolute Gasteiger partial charge is 0.211 e. The van der Waals surface area contributed by atoms with Crippen LogP contribution in [-0.2, 0) is 11.2 Å². The molecule has 0 aliphatic heterocycles. The van der Waals surface area contributed by atoms with E-state index in [2.05, 4.69) is 35.0 Å². The number of hydrogen-bond donors (Lipinski definition) is 5. The topological polar surface area (TPSA) is 93.6 Å². The van der Waals surface area contributed by atoms with E-state index in [9.17, 15) is 15.0 Å². The Labute approximate surface area is 189 Å². The van der Waals surface area contributed by atoms with E-state index < -0.39 is 6.10 Å². The Balaban J connectivity index is 1.40. The van der Waals surface area contributed by atoms with Crippen molar-refractivity contribution in [3.05, 3.63) is 89.5 Å². The predicted molar refractivity (Wildman–Crippen MR) is 129 cm³/mol. The Morgan fingerprint density at radius 1 is 0.938 bits per heavy atom. The van der Waals surface area contributed by atoms with Gasteiger partial charge < -0.3 is 26.2 Å². The van der Waals surface area contributed by atoms with Crippen molar-refractivity contribution in [2.75, 3.05) is 30.3 Å². The minimum atomic E-state index is -0.541. The lowest BCUT2D eigenvalue weighted by Crippen LogP contribution is -2.22. The summed E-state index contributed by atoms with van der Waals surface area (Å²) in [4.78, 5) is 10.6. The molecule has 0 radical (unpaired) electrons. The highest BCUT2D eigenvalue weighted by atomic mass is 16.3. The van der Waals surface area contributed by atoms with Gasteiger partial charge in [-0.3, -0.25) is 4.79 Å². The third kappa shape index (κ3) is 6.83. The summed E-state index contributed by atoms with van der Waals surface area (Å²) < 4.78 is 0. The predicted octanol–water partition coefficient (Wildman–Crippen LogP) is 4.04. The summed E-state index contributed by atoms with van der Waals surface area (Å²) in [5.41, 5.74) is 4.60. The van der Waals surface area contributed by atoms with Crippen molar-refractivity contribution in [3.63, 3.8) is 0 Å². The molecule has 0 saturated heterocycles. The van der Waals surface area contributed by atoms with Gasteiger partial charge in [-0.2, -0.15) is 0 Å². The van der Waals surface area contributed by atoms with Crippen LogP contribution in [0.4, 0.5) is 11.4 Å². The quantitative estimate of drug-likeness (QED) is 0.169. The second-order valence-electron chi connectivity index (χ2n) is 7.90. The molecule has 1 amide bonds. The molecule has 32 heavy (non-hydrogen) atoms. The molecular formula is C26H31N3O3. The molecule has 0 aliphatic rings. The number of phenols is 1. The lowest BCUT2D eigenvalue weighted by molar-refractivity contribution is -0.105. The molecule has 3 rings (SSSR count). The van der Waals surface area contributed by atoms with Crippen molar-refractivity contribution in [2.24, 2.45) is 0 Å². The Morgan fingerprint density at radius 2 is 1.69 bits per heavy atom. The Bertz CT molecular complexity index is 977. The number of carbonyl (C=O) groups excluding carboxylic acids is 1. The van der Waals surface area contributed by atoms with E-state index in [1.54, 1.807) is 12.1 Å². The van der Waals surface area contributed by atoms with Gasteiger partial charge in [-0.15, -0.1) is 0 Å². The fourth-order valence-electron chi connectivity index (χ4n) is 3.51. The van der Waals surface area contributed by atoms with Gasteiger partial charge in [0.1, 0.15) is 5.75 Å². The van der Waals surface area contributed by atoms with Gasteiger partial charge in [0.05, 0.1) is 11.8 Å². The highest BCUT2D eigenvalue weighted by Gasteiger charge is 2.09. The molecule has 3 aromatic carbocycles. The number of nitrogens with one attached hydrogen (secondary N) is 3. The lowest BCUT2D eigenvalue weighted by Gasteiger charge is -2.15. The van der Waals surface area contributed by atoms with Crippen LogP contribution in [0.25, 0.3) is 0 Å². The van der Waals surface area contributed by atoms with Gasteiger partial charge in [0.15, 0.2) is 0 Å². The van der Waals surface area contributed by atoms with Gasteiger partial charge in [0, 0.05) is 18.8 Å². The second kappa shape index (κ2) is 11.9. The molecule has 168 valence electrons. The van der Waals surface area contributed by atoms with E-state index in [0.29, 0.717) is 18.6 Å². The van der Waals surface area contributed by atoms with Crippen LogP contribution in [0.5, 0.6) is 5.75 Å². The van der Waals surface area contributed by atoms with Crippen molar-refractivity contribution in [1.82, 2.24) is 5.32 Å². The molecule has 0 spiro atoms. The summed E-state index contributed by atoms with van der Waals surface area (Å²) in [7, 11) is 0. The van der Waals surface area contributed by atoms with Crippen LogP contribution in [0, 0.1) is 0 Å². The number of rotatable bonds is 12. The van der Waals surface area contributed by atoms with Crippen LogP contribution in [0.3, 0.4) is 0 Å². The van der Waals surface area contributed by atoms with Crippen LogP contribution < -0.4 is 16.0 Å². The van der Waals surface area contributed by atoms with Crippen molar-refractivity contribution < 1.29 is 15.0 Å². The van der Waals surface area contributed by atoms with Crippen molar-refractivity contribution in [3.8, 4) is 5.75 Å². The Hall–Kier alpha value is -3.35. The largest absolute Gasteiger partial charge is 0.506 e. The molecule has 6 nitrogen and oxygen atoms in total. The average molecular weight is 434 g/mol. The molecule has 0 aromatic heterocycles. The number of aliphatic hydroxyl groups excluding tert-OH is 1. The number of hydrogen-bond acceptors (Lipinski definition) is 5. The number of aromatic hydroxyl groups is 1. The standard InChI is InChI=1S/C26H31N3O3/c1-19(22-9-12-25(31)24(15-22)29-18-30)16-27-14-13-20-7-10-23(11-8-20)28-17-26(32)21-5-3-2-4-6-21/h2-12,15,18-19,26-28,31-32H,13-14,16-17H2,1H3,(H,29,30)/t19-,26?/m0/s1. The zero-order valence-electron chi connectivity index (χ0n) is 18.3. The van der Waals surface area contributed by atoms with E-state index >= 15 is 0 Å². The average Bonchev–Trinajstić information content (AvgIpc) is 2.83. The molecular weight excluding hydrogens is 402 g/mol. The third-order valence-electron chi connectivity index (χ3n) is 5.48. The zero-order chi connectivity index (χ0) is 22.8. The molecule has 6 heteroatoms. The second-order valence-corrected chi connectivity index (χ2v) is 7.90. The first-order chi connectivity index (χ1) is 15.6. The fraction of sp³-hybridized carbons (Fsp3) is 0.269. The summed E-state index contributed by atoms with van der Waals surface area (Å²) in [6, 6.07) is 23.2. The van der Waals surface area contributed by atoms with E-state index in [0.717, 1.165) is 36.3 Å². The highest BCUT2D eigenvalue weighted by molar-refractivity contribution is 5.75. The summed E-state index contributed by atoms with van der Waals surface area (Å²) in [6.07, 6.45) is 0.933. The van der Waals surface area contributed by atoms with E-state index in [1.165, 1.54) is 5.56 Å². The minimum Gasteiger partial charge on any atom is -0.506 e. The van der Waals surface area contributed by atoms with Crippen molar-refractivity contribution in [2.45, 2.75) is 25.4 Å².